The molecule has 1 aliphatic carbocycles. The molecule has 1 rings (SSSR count). The molecule has 12 heavy (non-hydrogen) atoms. The van der Waals surface area contributed by atoms with Gasteiger partial charge < -0.3 is 0 Å². The number of alkyl halides is 2. The van der Waals surface area contributed by atoms with Crippen molar-refractivity contribution in [3.8, 4) is 0 Å². The molecule has 0 spiro atoms. The first kappa shape index (κ1) is 9.86. The molecule has 0 aromatic carbocycles. The van der Waals surface area contributed by atoms with Crippen molar-refractivity contribution in [1.29, 1.82) is 0 Å². The van der Waals surface area contributed by atoms with Gasteiger partial charge in [-0.15, -0.1) is 0 Å². The molecule has 0 saturated heterocycles. The third-order valence-electron chi connectivity index (χ3n) is 2.48. The molecule has 2 N–H and O–H groups in total. The number of nitrogens with two attached hydrogens (primary N) is 1. The van der Waals surface area contributed by atoms with E-state index in [1.165, 1.54) is 0 Å². The van der Waals surface area contributed by atoms with Gasteiger partial charge in [0.1, 0.15) is 6.61 Å². The summed E-state index contributed by atoms with van der Waals surface area (Å²) >= 11 is 0. The number of halogens is 2. The van der Waals surface area contributed by atoms with Gasteiger partial charge in [-0.3, -0.25) is 4.84 Å². The van der Waals surface area contributed by atoms with Gasteiger partial charge in [-0.05, 0) is 12.8 Å². The highest BCUT2D eigenvalue weighted by molar-refractivity contribution is 4.79. The van der Waals surface area contributed by atoms with Crippen LogP contribution in [0.1, 0.15) is 32.1 Å². The van der Waals surface area contributed by atoms with Crippen LogP contribution in [-0.4, -0.2) is 12.5 Å². The van der Waals surface area contributed by atoms with Crippen molar-refractivity contribution >= 4 is 0 Å². The van der Waals surface area contributed by atoms with Crippen molar-refractivity contribution in [2.75, 3.05) is 6.61 Å². The quantitative estimate of drug-likeness (QED) is 0.673. The predicted molar refractivity (Wildman–Crippen MR) is 41.7 cm³/mol. The SMILES string of the molecule is NOCC(F)(F)C1CCCCC1. The zero-order chi connectivity index (χ0) is 9.03. The molecule has 0 atom stereocenters. The Morgan fingerprint density at radius 3 is 2.33 bits per heavy atom. The van der Waals surface area contributed by atoms with Crippen molar-refractivity contribution in [3.63, 3.8) is 0 Å². The summed E-state index contributed by atoms with van der Waals surface area (Å²) in [6, 6.07) is 0. The van der Waals surface area contributed by atoms with Gasteiger partial charge >= 0.3 is 0 Å². The summed E-state index contributed by atoms with van der Waals surface area (Å²) < 4.78 is 26.2. The fourth-order valence-corrected chi connectivity index (χ4v) is 1.75. The predicted octanol–water partition coefficient (Wildman–Crippen LogP) is 2.09. The third-order valence-corrected chi connectivity index (χ3v) is 2.48. The van der Waals surface area contributed by atoms with Crippen LogP contribution in [0.15, 0.2) is 0 Å². The molecular weight excluding hydrogens is 164 g/mol. The Morgan fingerprint density at radius 2 is 1.83 bits per heavy atom. The minimum atomic E-state index is -2.73. The van der Waals surface area contributed by atoms with Crippen LogP contribution < -0.4 is 5.90 Å². The molecule has 0 bridgehead atoms. The van der Waals surface area contributed by atoms with E-state index in [9.17, 15) is 8.78 Å². The molecule has 0 aromatic heterocycles. The van der Waals surface area contributed by atoms with Crippen LogP contribution in [0.5, 0.6) is 0 Å². The zero-order valence-electron chi connectivity index (χ0n) is 7.06. The van der Waals surface area contributed by atoms with Crippen LogP contribution >= 0.6 is 0 Å². The Hall–Kier alpha value is -0.220. The summed E-state index contributed by atoms with van der Waals surface area (Å²) in [5.41, 5.74) is 0. The molecule has 0 amide bonds. The van der Waals surface area contributed by atoms with Gasteiger partial charge in [-0.2, -0.15) is 0 Å². The van der Waals surface area contributed by atoms with Crippen molar-refractivity contribution in [2.24, 2.45) is 11.8 Å². The van der Waals surface area contributed by atoms with Crippen LogP contribution in [0.3, 0.4) is 0 Å². The molecule has 0 aliphatic heterocycles. The summed E-state index contributed by atoms with van der Waals surface area (Å²) in [6.45, 7) is -0.641. The van der Waals surface area contributed by atoms with Gasteiger partial charge in [0, 0.05) is 5.92 Å². The minimum Gasteiger partial charge on any atom is -0.298 e. The van der Waals surface area contributed by atoms with Crippen molar-refractivity contribution in [2.45, 2.75) is 38.0 Å². The lowest BCUT2D eigenvalue weighted by Crippen LogP contribution is -2.35. The van der Waals surface area contributed by atoms with E-state index in [4.69, 9.17) is 0 Å². The summed E-state index contributed by atoms with van der Waals surface area (Å²) in [5, 5.41) is 0. The summed E-state index contributed by atoms with van der Waals surface area (Å²) in [6.07, 6.45) is 4.11. The topological polar surface area (TPSA) is 35.2 Å². The highest BCUT2D eigenvalue weighted by Gasteiger charge is 2.39. The number of rotatable bonds is 3. The van der Waals surface area contributed by atoms with E-state index in [2.05, 4.69) is 10.7 Å². The Morgan fingerprint density at radius 1 is 1.25 bits per heavy atom. The van der Waals surface area contributed by atoms with Gasteiger partial charge in [0.2, 0.25) is 0 Å². The number of hydrogen-bond donors (Lipinski definition) is 1. The van der Waals surface area contributed by atoms with Crippen LogP contribution in [0.2, 0.25) is 0 Å². The smallest absolute Gasteiger partial charge is 0.275 e. The van der Waals surface area contributed by atoms with Crippen molar-refractivity contribution < 1.29 is 13.6 Å². The van der Waals surface area contributed by atoms with Crippen LogP contribution in [0.25, 0.3) is 0 Å². The Labute approximate surface area is 71.0 Å². The molecule has 1 fully saturated rings. The summed E-state index contributed by atoms with van der Waals surface area (Å²) in [5.74, 6) is 1.40. The molecule has 2 nitrogen and oxygen atoms in total. The molecular formula is C8H15F2NO. The molecule has 0 radical (unpaired) electrons. The highest BCUT2D eigenvalue weighted by Crippen LogP contribution is 2.36. The third kappa shape index (κ3) is 2.38. The zero-order valence-corrected chi connectivity index (χ0v) is 7.06. The lowest BCUT2D eigenvalue weighted by atomic mass is 9.85. The second kappa shape index (κ2) is 4.14. The van der Waals surface area contributed by atoms with E-state index in [-0.39, 0.29) is 0 Å². The van der Waals surface area contributed by atoms with E-state index < -0.39 is 18.4 Å². The van der Waals surface area contributed by atoms with Gasteiger partial charge in [0.15, 0.2) is 0 Å². The second-order valence-electron chi connectivity index (χ2n) is 3.41. The standard InChI is InChI=1S/C8H15F2NO/c9-8(10,6-12-11)7-4-2-1-3-5-7/h7H,1-6,11H2. The lowest BCUT2D eigenvalue weighted by molar-refractivity contribution is -0.126. The van der Waals surface area contributed by atoms with Gasteiger partial charge in [-0.25, -0.2) is 14.7 Å². The van der Waals surface area contributed by atoms with Crippen LogP contribution in [0, 0.1) is 5.92 Å². The van der Waals surface area contributed by atoms with Crippen LogP contribution in [0.4, 0.5) is 8.78 Å². The largest absolute Gasteiger partial charge is 0.298 e. The fraction of sp³-hybridized carbons (Fsp3) is 1.00. The average molecular weight is 179 g/mol. The van der Waals surface area contributed by atoms with Gasteiger partial charge in [0.25, 0.3) is 5.92 Å². The van der Waals surface area contributed by atoms with Gasteiger partial charge in [-0.1, -0.05) is 19.3 Å². The average Bonchev–Trinajstić information content (AvgIpc) is 2.06. The first-order valence-electron chi connectivity index (χ1n) is 4.36. The van der Waals surface area contributed by atoms with Gasteiger partial charge in [0.05, 0.1) is 0 Å². The van der Waals surface area contributed by atoms with Crippen LogP contribution in [-0.2, 0) is 4.84 Å². The second-order valence-corrected chi connectivity index (χ2v) is 3.41. The molecule has 0 unspecified atom stereocenters. The minimum absolute atomic E-state index is 0.519. The monoisotopic (exact) mass is 179 g/mol. The maximum atomic E-state index is 13.1. The fourth-order valence-electron chi connectivity index (χ4n) is 1.75. The lowest BCUT2D eigenvalue weighted by Gasteiger charge is -2.28. The number of hydrogen-bond acceptors (Lipinski definition) is 2. The molecule has 1 saturated carbocycles. The van der Waals surface area contributed by atoms with E-state index in [0.29, 0.717) is 12.8 Å². The first-order chi connectivity index (χ1) is 5.67. The van der Waals surface area contributed by atoms with E-state index >= 15 is 0 Å². The van der Waals surface area contributed by atoms with E-state index in [1.807, 2.05) is 0 Å². The molecule has 72 valence electrons. The Kier molecular flexibility index (Phi) is 3.40. The van der Waals surface area contributed by atoms with Crippen molar-refractivity contribution in [3.05, 3.63) is 0 Å². The Balaban J connectivity index is 2.41. The molecule has 1 aliphatic rings. The maximum absolute atomic E-state index is 13.1. The Bertz CT molecular complexity index is 135. The molecule has 0 aromatic rings. The maximum Gasteiger partial charge on any atom is 0.275 e. The molecule has 0 heterocycles. The van der Waals surface area contributed by atoms with E-state index in [1.54, 1.807) is 0 Å². The normalized spacial score (nSPS) is 21.2. The van der Waals surface area contributed by atoms with E-state index in [0.717, 1.165) is 19.3 Å². The van der Waals surface area contributed by atoms with Crippen molar-refractivity contribution in [1.82, 2.24) is 0 Å². The first-order valence-corrected chi connectivity index (χ1v) is 4.36. The summed E-state index contributed by atoms with van der Waals surface area (Å²) in [4.78, 5) is 4.01. The summed E-state index contributed by atoms with van der Waals surface area (Å²) in [7, 11) is 0. The highest BCUT2D eigenvalue weighted by atomic mass is 19.3. The molecule has 4 heteroatoms.